The molecular formula is C17H28N2O. The lowest BCUT2D eigenvalue weighted by molar-refractivity contribution is -0.0660. The van der Waals surface area contributed by atoms with Gasteiger partial charge in [-0.2, -0.15) is 0 Å². The lowest BCUT2D eigenvalue weighted by atomic mass is 9.74. The van der Waals surface area contributed by atoms with Crippen molar-refractivity contribution in [1.82, 2.24) is 4.98 Å². The second-order valence-corrected chi connectivity index (χ2v) is 6.27. The molecule has 0 radical (unpaired) electrons. The van der Waals surface area contributed by atoms with E-state index in [0.29, 0.717) is 0 Å². The minimum Gasteiger partial charge on any atom is -0.377 e. The highest BCUT2D eigenvalue weighted by molar-refractivity contribution is 5.15. The summed E-state index contributed by atoms with van der Waals surface area (Å²) >= 11 is 0. The first kappa shape index (κ1) is 15.5. The first-order valence-electron chi connectivity index (χ1n) is 7.84. The number of hydrogen-bond donors (Lipinski definition) is 1. The molecule has 0 bridgehead atoms. The number of aryl methyl sites for hydroxylation is 1. The average Bonchev–Trinajstić information content (AvgIpc) is 2.49. The fourth-order valence-electron chi connectivity index (χ4n) is 3.17. The van der Waals surface area contributed by atoms with E-state index in [9.17, 15) is 0 Å². The van der Waals surface area contributed by atoms with Gasteiger partial charge in [0.2, 0.25) is 0 Å². The van der Waals surface area contributed by atoms with E-state index in [4.69, 9.17) is 10.5 Å². The largest absolute Gasteiger partial charge is 0.377 e. The quantitative estimate of drug-likeness (QED) is 0.899. The molecule has 2 rings (SSSR count). The molecule has 0 amide bonds. The van der Waals surface area contributed by atoms with Gasteiger partial charge in [0.05, 0.1) is 5.60 Å². The third-order valence-corrected chi connectivity index (χ3v) is 4.93. The van der Waals surface area contributed by atoms with Crippen LogP contribution in [0, 0.1) is 5.92 Å². The first-order valence-corrected chi connectivity index (χ1v) is 7.84. The third-order valence-electron chi connectivity index (χ3n) is 4.93. The van der Waals surface area contributed by atoms with Crippen LogP contribution in [0.3, 0.4) is 0 Å². The molecule has 1 heterocycles. The topological polar surface area (TPSA) is 48.1 Å². The second kappa shape index (κ2) is 6.68. The zero-order valence-electron chi connectivity index (χ0n) is 13.1. The predicted molar refractivity (Wildman–Crippen MR) is 82.7 cm³/mol. The van der Waals surface area contributed by atoms with Gasteiger partial charge in [-0.1, -0.05) is 19.9 Å². The van der Waals surface area contributed by atoms with Gasteiger partial charge in [-0.25, -0.2) is 0 Å². The Kier molecular flexibility index (Phi) is 5.17. The third kappa shape index (κ3) is 3.39. The van der Waals surface area contributed by atoms with Gasteiger partial charge in [0.25, 0.3) is 0 Å². The van der Waals surface area contributed by atoms with Crippen molar-refractivity contribution in [2.24, 2.45) is 11.7 Å². The summed E-state index contributed by atoms with van der Waals surface area (Å²) in [4.78, 5) is 4.53. The molecule has 0 saturated heterocycles. The Balaban J connectivity index is 2.03. The van der Waals surface area contributed by atoms with Crippen molar-refractivity contribution < 1.29 is 4.74 Å². The highest BCUT2D eigenvalue weighted by Crippen LogP contribution is 2.36. The standard InChI is InChI=1S/C17H28N2O/c1-4-14-5-6-15(19-12-14)11-16(18)17(20-3)9-7-13(2)8-10-17/h5-6,12-13,16H,4,7-11,18H2,1-3H3. The van der Waals surface area contributed by atoms with E-state index in [1.807, 2.05) is 13.3 Å². The number of methoxy groups -OCH3 is 1. The number of rotatable bonds is 5. The smallest absolute Gasteiger partial charge is 0.0832 e. The number of ether oxygens (including phenoxy) is 1. The van der Waals surface area contributed by atoms with Crippen LogP contribution in [0.25, 0.3) is 0 Å². The van der Waals surface area contributed by atoms with Crippen LogP contribution in [-0.4, -0.2) is 23.7 Å². The van der Waals surface area contributed by atoms with Crippen LogP contribution >= 0.6 is 0 Å². The summed E-state index contributed by atoms with van der Waals surface area (Å²) in [6.45, 7) is 4.46. The molecule has 1 aliphatic carbocycles. The van der Waals surface area contributed by atoms with Crippen LogP contribution in [0.2, 0.25) is 0 Å². The van der Waals surface area contributed by atoms with Crippen LogP contribution in [0.4, 0.5) is 0 Å². The van der Waals surface area contributed by atoms with Gasteiger partial charge in [0, 0.05) is 31.5 Å². The molecule has 2 N–H and O–H groups in total. The van der Waals surface area contributed by atoms with Crippen LogP contribution in [0.5, 0.6) is 0 Å². The second-order valence-electron chi connectivity index (χ2n) is 6.27. The molecule has 0 spiro atoms. The molecule has 1 aromatic rings. The van der Waals surface area contributed by atoms with Crippen molar-refractivity contribution in [3.63, 3.8) is 0 Å². The summed E-state index contributed by atoms with van der Waals surface area (Å²) in [6.07, 6.45) is 8.35. The Labute approximate surface area is 122 Å². The Morgan fingerprint density at radius 1 is 1.40 bits per heavy atom. The molecule has 1 unspecified atom stereocenters. The molecule has 1 fully saturated rings. The van der Waals surface area contributed by atoms with Crippen molar-refractivity contribution in [2.75, 3.05) is 7.11 Å². The van der Waals surface area contributed by atoms with Gasteiger partial charge in [-0.05, 0) is 49.7 Å². The maximum absolute atomic E-state index is 6.48. The summed E-state index contributed by atoms with van der Waals surface area (Å²) in [6, 6.07) is 4.28. The highest BCUT2D eigenvalue weighted by atomic mass is 16.5. The Hall–Kier alpha value is -0.930. The summed E-state index contributed by atoms with van der Waals surface area (Å²) in [7, 11) is 1.81. The zero-order chi connectivity index (χ0) is 14.6. The SMILES string of the molecule is CCc1ccc(CC(N)C2(OC)CCC(C)CC2)nc1. The van der Waals surface area contributed by atoms with Crippen molar-refractivity contribution in [3.8, 4) is 0 Å². The summed E-state index contributed by atoms with van der Waals surface area (Å²) in [5.74, 6) is 0.799. The van der Waals surface area contributed by atoms with Crippen LogP contribution in [0.1, 0.15) is 50.8 Å². The molecule has 1 aromatic heterocycles. The molecular weight excluding hydrogens is 248 g/mol. The summed E-state index contributed by atoms with van der Waals surface area (Å²) in [5.41, 5.74) is 8.67. The van der Waals surface area contributed by atoms with Gasteiger partial charge < -0.3 is 10.5 Å². The first-order chi connectivity index (χ1) is 9.59. The molecule has 1 aliphatic rings. The highest BCUT2D eigenvalue weighted by Gasteiger charge is 2.39. The van der Waals surface area contributed by atoms with Crippen molar-refractivity contribution in [3.05, 3.63) is 29.6 Å². The van der Waals surface area contributed by atoms with Crippen molar-refractivity contribution in [2.45, 2.75) is 64.0 Å². The Morgan fingerprint density at radius 2 is 2.10 bits per heavy atom. The Morgan fingerprint density at radius 3 is 2.60 bits per heavy atom. The predicted octanol–water partition coefficient (Wildman–Crippen LogP) is 3.11. The minimum absolute atomic E-state index is 0.0278. The number of hydrogen-bond acceptors (Lipinski definition) is 3. The van der Waals surface area contributed by atoms with E-state index >= 15 is 0 Å². The summed E-state index contributed by atoms with van der Waals surface area (Å²) < 4.78 is 5.85. The van der Waals surface area contributed by atoms with E-state index in [1.165, 1.54) is 18.4 Å². The van der Waals surface area contributed by atoms with Gasteiger partial charge in [0.15, 0.2) is 0 Å². The van der Waals surface area contributed by atoms with Crippen LogP contribution < -0.4 is 5.73 Å². The van der Waals surface area contributed by atoms with E-state index in [-0.39, 0.29) is 11.6 Å². The Bertz CT molecular complexity index is 408. The molecule has 3 heteroatoms. The van der Waals surface area contributed by atoms with E-state index < -0.39 is 0 Å². The zero-order valence-corrected chi connectivity index (χ0v) is 13.1. The van der Waals surface area contributed by atoms with Gasteiger partial charge in [-0.15, -0.1) is 0 Å². The normalized spacial score (nSPS) is 28.3. The molecule has 1 atom stereocenters. The van der Waals surface area contributed by atoms with Gasteiger partial charge >= 0.3 is 0 Å². The number of aromatic nitrogens is 1. The van der Waals surface area contributed by atoms with E-state index in [1.54, 1.807) is 0 Å². The van der Waals surface area contributed by atoms with Crippen LogP contribution in [-0.2, 0) is 17.6 Å². The maximum Gasteiger partial charge on any atom is 0.0832 e. The molecule has 112 valence electrons. The van der Waals surface area contributed by atoms with Gasteiger partial charge in [-0.3, -0.25) is 4.98 Å². The lowest BCUT2D eigenvalue weighted by Crippen LogP contribution is -2.52. The van der Waals surface area contributed by atoms with Crippen LogP contribution in [0.15, 0.2) is 18.3 Å². The average molecular weight is 276 g/mol. The molecule has 3 nitrogen and oxygen atoms in total. The molecule has 20 heavy (non-hydrogen) atoms. The number of nitrogens with two attached hydrogens (primary N) is 1. The maximum atomic E-state index is 6.48. The molecule has 0 aliphatic heterocycles. The molecule has 0 aromatic carbocycles. The lowest BCUT2D eigenvalue weighted by Gasteiger charge is -2.42. The van der Waals surface area contributed by atoms with E-state index in [0.717, 1.165) is 37.3 Å². The monoisotopic (exact) mass is 276 g/mol. The minimum atomic E-state index is -0.155. The summed E-state index contributed by atoms with van der Waals surface area (Å²) in [5, 5.41) is 0. The van der Waals surface area contributed by atoms with Crippen molar-refractivity contribution in [1.29, 1.82) is 0 Å². The molecule has 1 saturated carbocycles. The van der Waals surface area contributed by atoms with E-state index in [2.05, 4.69) is 31.0 Å². The number of pyridine rings is 1. The fourth-order valence-corrected chi connectivity index (χ4v) is 3.17. The fraction of sp³-hybridized carbons (Fsp3) is 0.706. The van der Waals surface area contributed by atoms with Crippen molar-refractivity contribution >= 4 is 0 Å². The number of nitrogens with zero attached hydrogens (tertiary/aromatic N) is 1. The van der Waals surface area contributed by atoms with Gasteiger partial charge in [0.1, 0.15) is 0 Å².